The summed E-state index contributed by atoms with van der Waals surface area (Å²) in [5, 5.41) is 11.6. The SMILES string of the molecule is CCOC(=O)C(C(C)=O)C(c1ccc(C#N)cc1)C(C(=O)Nc1cccc(C(F)(F)F)c1)C(=O)N1CCCC1. The molecule has 1 N–H and O–H groups in total. The van der Waals surface area contributed by atoms with Crippen LogP contribution < -0.4 is 5.32 Å². The van der Waals surface area contributed by atoms with Crippen LogP contribution in [-0.4, -0.2) is 48.2 Å². The van der Waals surface area contributed by atoms with Gasteiger partial charge in [-0.2, -0.15) is 18.4 Å². The Kier molecular flexibility index (Phi) is 9.46. The van der Waals surface area contributed by atoms with E-state index in [1.165, 1.54) is 35.2 Å². The molecule has 1 aliphatic rings. The third kappa shape index (κ3) is 7.02. The van der Waals surface area contributed by atoms with E-state index in [1.54, 1.807) is 6.92 Å². The van der Waals surface area contributed by atoms with E-state index in [1.807, 2.05) is 6.07 Å². The van der Waals surface area contributed by atoms with Crippen molar-refractivity contribution in [3.8, 4) is 6.07 Å². The van der Waals surface area contributed by atoms with Gasteiger partial charge in [0.1, 0.15) is 17.6 Å². The molecule has 0 aliphatic carbocycles. The lowest BCUT2D eigenvalue weighted by Gasteiger charge is -2.32. The Morgan fingerprint density at radius 2 is 1.69 bits per heavy atom. The topological polar surface area (TPSA) is 117 Å². The van der Waals surface area contributed by atoms with Crippen LogP contribution in [0.15, 0.2) is 48.5 Å². The summed E-state index contributed by atoms with van der Waals surface area (Å²) in [5.74, 6) is -7.82. The number of nitrogens with one attached hydrogen (secondary N) is 1. The molecule has 0 radical (unpaired) electrons. The molecular weight excluding hydrogens is 515 g/mol. The number of esters is 1. The minimum Gasteiger partial charge on any atom is -0.465 e. The van der Waals surface area contributed by atoms with Gasteiger partial charge in [-0.3, -0.25) is 19.2 Å². The first kappa shape index (κ1) is 29.4. The molecule has 0 bridgehead atoms. The molecule has 3 atom stereocenters. The first-order valence-electron chi connectivity index (χ1n) is 12.4. The Hall–Kier alpha value is -4.20. The highest BCUT2D eigenvalue weighted by Gasteiger charge is 2.47. The van der Waals surface area contributed by atoms with E-state index in [9.17, 15) is 37.6 Å². The average molecular weight is 544 g/mol. The van der Waals surface area contributed by atoms with Crippen LogP contribution in [0.4, 0.5) is 18.9 Å². The van der Waals surface area contributed by atoms with Gasteiger partial charge in [-0.05, 0) is 62.6 Å². The number of ether oxygens (including phenoxy) is 1. The Bertz CT molecular complexity index is 1260. The Morgan fingerprint density at radius 1 is 1.05 bits per heavy atom. The molecule has 2 amide bonds. The fraction of sp³-hybridized carbons (Fsp3) is 0.393. The van der Waals surface area contributed by atoms with E-state index in [0.717, 1.165) is 25.1 Å². The number of benzene rings is 2. The van der Waals surface area contributed by atoms with Crippen LogP contribution in [0.25, 0.3) is 0 Å². The maximum absolute atomic E-state index is 13.8. The maximum Gasteiger partial charge on any atom is 0.416 e. The maximum atomic E-state index is 13.8. The van der Waals surface area contributed by atoms with Crippen molar-refractivity contribution in [2.75, 3.05) is 25.0 Å². The zero-order chi connectivity index (χ0) is 28.7. The number of Topliss-reactive ketones (excluding diaryl/α,β-unsaturated/α-hetero) is 1. The highest BCUT2D eigenvalue weighted by molar-refractivity contribution is 6.09. The van der Waals surface area contributed by atoms with Crippen molar-refractivity contribution in [2.45, 2.75) is 38.8 Å². The number of halogens is 3. The summed E-state index contributed by atoms with van der Waals surface area (Å²) in [5.41, 5.74) is -0.689. The van der Waals surface area contributed by atoms with Crippen molar-refractivity contribution < 1.29 is 37.1 Å². The number of nitriles is 1. The second-order valence-electron chi connectivity index (χ2n) is 9.18. The van der Waals surface area contributed by atoms with Gasteiger partial charge >= 0.3 is 12.1 Å². The van der Waals surface area contributed by atoms with Crippen molar-refractivity contribution in [3.63, 3.8) is 0 Å². The predicted molar refractivity (Wildman–Crippen MR) is 134 cm³/mol. The van der Waals surface area contributed by atoms with E-state index in [2.05, 4.69) is 5.32 Å². The number of hydrogen-bond donors (Lipinski definition) is 1. The summed E-state index contributed by atoms with van der Waals surface area (Å²) >= 11 is 0. The summed E-state index contributed by atoms with van der Waals surface area (Å²) in [7, 11) is 0. The molecule has 11 heteroatoms. The minimum absolute atomic E-state index is 0.0656. The predicted octanol–water partition coefficient (Wildman–Crippen LogP) is 4.31. The number of hydrogen-bond acceptors (Lipinski definition) is 6. The monoisotopic (exact) mass is 543 g/mol. The van der Waals surface area contributed by atoms with Crippen molar-refractivity contribution in [3.05, 3.63) is 65.2 Å². The quantitative estimate of drug-likeness (QED) is 0.372. The van der Waals surface area contributed by atoms with E-state index >= 15 is 0 Å². The van der Waals surface area contributed by atoms with Gasteiger partial charge < -0.3 is 15.0 Å². The number of amides is 2. The fourth-order valence-electron chi connectivity index (χ4n) is 4.71. The first-order valence-corrected chi connectivity index (χ1v) is 12.4. The lowest BCUT2D eigenvalue weighted by molar-refractivity contribution is -0.154. The molecule has 1 aliphatic heterocycles. The largest absolute Gasteiger partial charge is 0.465 e. The Balaban J connectivity index is 2.16. The number of alkyl halides is 3. The lowest BCUT2D eigenvalue weighted by atomic mass is 9.73. The van der Waals surface area contributed by atoms with Crippen LogP contribution in [-0.2, 0) is 30.1 Å². The summed E-state index contributed by atoms with van der Waals surface area (Å²) in [6, 6.07) is 11.6. The third-order valence-electron chi connectivity index (χ3n) is 6.55. The number of carbonyl (C=O) groups is 4. The minimum atomic E-state index is -4.67. The molecule has 1 saturated heterocycles. The second kappa shape index (κ2) is 12.6. The van der Waals surface area contributed by atoms with Crippen LogP contribution in [0.3, 0.4) is 0 Å². The highest BCUT2D eigenvalue weighted by Crippen LogP contribution is 2.38. The van der Waals surface area contributed by atoms with E-state index < -0.39 is 53.1 Å². The second-order valence-corrected chi connectivity index (χ2v) is 9.18. The number of likely N-dealkylation sites (tertiary alicyclic amines) is 1. The van der Waals surface area contributed by atoms with Gasteiger partial charge in [0.15, 0.2) is 0 Å². The molecule has 8 nitrogen and oxygen atoms in total. The molecule has 3 rings (SSSR count). The summed E-state index contributed by atoms with van der Waals surface area (Å²) in [4.78, 5) is 54.9. The molecule has 0 aromatic heterocycles. The van der Waals surface area contributed by atoms with Gasteiger partial charge in [-0.1, -0.05) is 18.2 Å². The number of rotatable bonds is 9. The molecule has 0 spiro atoms. The van der Waals surface area contributed by atoms with Gasteiger partial charge in [-0.25, -0.2) is 0 Å². The molecule has 1 fully saturated rings. The van der Waals surface area contributed by atoms with Crippen LogP contribution in [0.5, 0.6) is 0 Å². The normalized spacial score (nSPS) is 15.5. The zero-order valence-corrected chi connectivity index (χ0v) is 21.5. The fourth-order valence-corrected chi connectivity index (χ4v) is 4.71. The lowest BCUT2D eigenvalue weighted by Crippen LogP contribution is -2.47. The van der Waals surface area contributed by atoms with Crippen LogP contribution in [0.1, 0.15) is 49.3 Å². The Labute approximate surface area is 223 Å². The summed E-state index contributed by atoms with van der Waals surface area (Å²) < 4.78 is 45.0. The van der Waals surface area contributed by atoms with Gasteiger partial charge in [0.25, 0.3) is 0 Å². The first-order chi connectivity index (χ1) is 18.5. The Morgan fingerprint density at radius 3 is 2.23 bits per heavy atom. The standard InChI is InChI=1S/C28H28F3N3O5/c1-3-39-27(38)22(17(2)35)23(19-11-9-18(16-32)10-12-19)24(26(37)34-13-4-5-14-34)25(36)33-21-8-6-7-20(15-21)28(29,30)31/h6-12,15,22-24H,3-5,13-14H2,1-2H3,(H,33,36). The van der Waals surface area contributed by atoms with Crippen molar-refractivity contribution in [2.24, 2.45) is 11.8 Å². The van der Waals surface area contributed by atoms with Crippen molar-refractivity contribution >= 4 is 29.3 Å². The van der Waals surface area contributed by atoms with Crippen molar-refractivity contribution in [1.82, 2.24) is 4.90 Å². The molecule has 1 heterocycles. The van der Waals surface area contributed by atoms with Crippen LogP contribution in [0, 0.1) is 23.2 Å². The molecule has 0 saturated carbocycles. The van der Waals surface area contributed by atoms with E-state index in [-0.39, 0.29) is 23.4 Å². The van der Waals surface area contributed by atoms with Gasteiger partial charge in [0.05, 0.1) is 23.8 Å². The molecule has 206 valence electrons. The van der Waals surface area contributed by atoms with Gasteiger partial charge in [-0.15, -0.1) is 0 Å². The zero-order valence-electron chi connectivity index (χ0n) is 21.5. The average Bonchev–Trinajstić information content (AvgIpc) is 3.43. The molecule has 3 unspecified atom stereocenters. The number of carbonyl (C=O) groups excluding carboxylic acids is 4. The van der Waals surface area contributed by atoms with Crippen molar-refractivity contribution in [1.29, 1.82) is 5.26 Å². The third-order valence-corrected chi connectivity index (χ3v) is 6.55. The molecule has 2 aromatic carbocycles. The molecule has 2 aromatic rings. The van der Waals surface area contributed by atoms with Crippen LogP contribution >= 0.6 is 0 Å². The van der Waals surface area contributed by atoms with Gasteiger partial charge in [0, 0.05) is 24.7 Å². The molecule has 39 heavy (non-hydrogen) atoms. The number of ketones is 1. The van der Waals surface area contributed by atoms with Gasteiger partial charge in [0.2, 0.25) is 11.8 Å². The summed E-state index contributed by atoms with van der Waals surface area (Å²) in [6.45, 7) is 3.30. The number of nitrogens with zero attached hydrogens (tertiary/aromatic N) is 2. The highest BCUT2D eigenvalue weighted by atomic mass is 19.4. The molecular formula is C28H28F3N3O5. The number of anilines is 1. The van der Waals surface area contributed by atoms with E-state index in [4.69, 9.17) is 4.74 Å². The smallest absolute Gasteiger partial charge is 0.416 e. The summed E-state index contributed by atoms with van der Waals surface area (Å²) in [6.07, 6.45) is -3.30. The van der Waals surface area contributed by atoms with E-state index in [0.29, 0.717) is 25.9 Å². The van der Waals surface area contributed by atoms with Crippen LogP contribution in [0.2, 0.25) is 0 Å².